The van der Waals surface area contributed by atoms with E-state index in [0.29, 0.717) is 0 Å². The van der Waals surface area contributed by atoms with Gasteiger partial charge in [0.15, 0.2) is 0 Å². The molecule has 0 unspecified atom stereocenters. The molecule has 0 bridgehead atoms. The summed E-state index contributed by atoms with van der Waals surface area (Å²) in [5, 5.41) is 11.4. The predicted molar refractivity (Wildman–Crippen MR) is 72.1 cm³/mol. The Hall–Kier alpha value is -2.05. The van der Waals surface area contributed by atoms with Crippen LogP contribution in [0.1, 0.15) is 20.8 Å². The van der Waals surface area contributed by atoms with Crippen LogP contribution >= 0.6 is 23.2 Å². The van der Waals surface area contributed by atoms with Crippen molar-refractivity contribution in [3.63, 3.8) is 0 Å². The molecule has 0 saturated heterocycles. The zero-order valence-corrected chi connectivity index (χ0v) is 11.2. The maximum atomic E-state index is 13.4. The molecule has 0 spiro atoms. The topological polar surface area (TPSA) is 82.2 Å². The van der Waals surface area contributed by atoms with Gasteiger partial charge < -0.3 is 15.4 Å². The summed E-state index contributed by atoms with van der Waals surface area (Å²) in [6.07, 6.45) is 0. The fourth-order valence-electron chi connectivity index (χ4n) is 1.56. The lowest BCUT2D eigenvalue weighted by molar-refractivity contribution is 0.0693. The van der Waals surface area contributed by atoms with Crippen LogP contribution in [0.25, 0.3) is 0 Å². The van der Waals surface area contributed by atoms with Crippen LogP contribution in [0.15, 0.2) is 24.3 Å². The monoisotopic (exact) mass is 316 g/mol. The SMILES string of the molecule is O=C(Nc1cccc(F)c1C(=O)O)c1cc(Cl)c(Cl)[nH]1. The molecule has 20 heavy (non-hydrogen) atoms. The molecule has 1 aromatic carbocycles. The van der Waals surface area contributed by atoms with Crippen molar-refractivity contribution in [1.82, 2.24) is 4.98 Å². The number of carbonyl (C=O) groups is 2. The van der Waals surface area contributed by atoms with Gasteiger partial charge >= 0.3 is 5.97 Å². The molecule has 8 heteroatoms. The van der Waals surface area contributed by atoms with Gasteiger partial charge in [0.25, 0.3) is 5.91 Å². The number of carbonyl (C=O) groups excluding carboxylic acids is 1. The van der Waals surface area contributed by atoms with Crippen LogP contribution in [0.4, 0.5) is 10.1 Å². The smallest absolute Gasteiger partial charge is 0.340 e. The van der Waals surface area contributed by atoms with Crippen LogP contribution in [0, 0.1) is 5.82 Å². The van der Waals surface area contributed by atoms with Crippen molar-refractivity contribution in [2.45, 2.75) is 0 Å². The first-order valence-electron chi connectivity index (χ1n) is 5.27. The van der Waals surface area contributed by atoms with Crippen molar-refractivity contribution < 1.29 is 19.1 Å². The van der Waals surface area contributed by atoms with Crippen LogP contribution < -0.4 is 5.32 Å². The highest BCUT2D eigenvalue weighted by molar-refractivity contribution is 6.41. The Morgan fingerprint density at radius 3 is 2.55 bits per heavy atom. The molecule has 104 valence electrons. The quantitative estimate of drug-likeness (QED) is 0.811. The highest BCUT2D eigenvalue weighted by Crippen LogP contribution is 2.24. The van der Waals surface area contributed by atoms with Gasteiger partial charge in [0, 0.05) is 0 Å². The van der Waals surface area contributed by atoms with E-state index in [2.05, 4.69) is 10.3 Å². The van der Waals surface area contributed by atoms with Crippen molar-refractivity contribution in [3.8, 4) is 0 Å². The van der Waals surface area contributed by atoms with Crippen LogP contribution in [-0.2, 0) is 0 Å². The molecule has 5 nitrogen and oxygen atoms in total. The van der Waals surface area contributed by atoms with Gasteiger partial charge in [0.2, 0.25) is 0 Å². The third-order valence-corrected chi connectivity index (χ3v) is 3.14. The van der Waals surface area contributed by atoms with E-state index >= 15 is 0 Å². The lowest BCUT2D eigenvalue weighted by Gasteiger charge is -2.08. The number of anilines is 1. The molecular weight excluding hydrogens is 310 g/mol. The third kappa shape index (κ3) is 2.76. The Morgan fingerprint density at radius 1 is 1.30 bits per heavy atom. The van der Waals surface area contributed by atoms with Gasteiger partial charge in [-0.05, 0) is 18.2 Å². The van der Waals surface area contributed by atoms with E-state index in [4.69, 9.17) is 28.3 Å². The number of halogens is 3. The maximum absolute atomic E-state index is 13.4. The van der Waals surface area contributed by atoms with Gasteiger partial charge in [0.05, 0.1) is 10.7 Å². The van der Waals surface area contributed by atoms with Gasteiger partial charge in [-0.3, -0.25) is 4.79 Å². The van der Waals surface area contributed by atoms with E-state index in [1.54, 1.807) is 0 Å². The molecule has 0 aliphatic heterocycles. The zero-order valence-electron chi connectivity index (χ0n) is 9.71. The number of aromatic carboxylic acids is 1. The number of benzene rings is 1. The molecule has 2 rings (SSSR count). The zero-order chi connectivity index (χ0) is 14.9. The van der Waals surface area contributed by atoms with E-state index in [9.17, 15) is 14.0 Å². The van der Waals surface area contributed by atoms with Gasteiger partial charge in [-0.1, -0.05) is 29.3 Å². The second-order valence-corrected chi connectivity index (χ2v) is 4.55. The summed E-state index contributed by atoms with van der Waals surface area (Å²) >= 11 is 11.3. The second-order valence-electron chi connectivity index (χ2n) is 3.77. The summed E-state index contributed by atoms with van der Waals surface area (Å²) in [6.45, 7) is 0. The standard InChI is InChI=1S/C12H7Cl2FN2O3/c13-5-4-8(16-10(5)14)11(18)17-7-3-1-2-6(15)9(7)12(19)20/h1-4,16H,(H,17,18)(H,19,20). The summed E-state index contributed by atoms with van der Waals surface area (Å²) in [6, 6.07) is 4.82. The fraction of sp³-hybridized carbons (Fsp3) is 0. The van der Waals surface area contributed by atoms with Crippen molar-refractivity contribution in [3.05, 3.63) is 51.5 Å². The molecule has 0 atom stereocenters. The number of hydrogen-bond donors (Lipinski definition) is 3. The Bertz CT molecular complexity index is 681. The third-order valence-electron chi connectivity index (χ3n) is 2.45. The highest BCUT2D eigenvalue weighted by atomic mass is 35.5. The number of carboxylic acids is 1. The normalized spacial score (nSPS) is 10.3. The molecule has 1 heterocycles. The number of nitrogens with one attached hydrogen (secondary N) is 2. The van der Waals surface area contributed by atoms with Crippen molar-refractivity contribution in [1.29, 1.82) is 0 Å². The van der Waals surface area contributed by atoms with Gasteiger partial charge in [-0.25, -0.2) is 9.18 Å². The molecular formula is C12H7Cl2FN2O3. The first-order chi connectivity index (χ1) is 9.40. The molecule has 0 aliphatic rings. The van der Waals surface area contributed by atoms with Crippen LogP contribution in [0.3, 0.4) is 0 Å². The van der Waals surface area contributed by atoms with Crippen LogP contribution in [-0.4, -0.2) is 22.0 Å². The molecule has 2 aromatic rings. The molecule has 3 N–H and O–H groups in total. The first kappa shape index (κ1) is 14.4. The average Bonchev–Trinajstić information content (AvgIpc) is 2.69. The summed E-state index contributed by atoms with van der Waals surface area (Å²) in [7, 11) is 0. The van der Waals surface area contributed by atoms with E-state index < -0.39 is 23.3 Å². The Kier molecular flexibility index (Phi) is 3.96. The van der Waals surface area contributed by atoms with Gasteiger partial charge in [0.1, 0.15) is 22.2 Å². The van der Waals surface area contributed by atoms with Crippen LogP contribution in [0.5, 0.6) is 0 Å². The number of amides is 1. The Morgan fingerprint density at radius 2 is 2.00 bits per heavy atom. The van der Waals surface area contributed by atoms with Crippen molar-refractivity contribution in [2.24, 2.45) is 0 Å². The lowest BCUT2D eigenvalue weighted by Crippen LogP contribution is -2.16. The van der Waals surface area contributed by atoms with E-state index in [1.807, 2.05) is 0 Å². The minimum atomic E-state index is -1.49. The van der Waals surface area contributed by atoms with Crippen molar-refractivity contribution in [2.75, 3.05) is 5.32 Å². The minimum Gasteiger partial charge on any atom is -0.478 e. The first-order valence-corrected chi connectivity index (χ1v) is 6.03. The molecule has 0 radical (unpaired) electrons. The molecule has 0 fully saturated rings. The maximum Gasteiger partial charge on any atom is 0.340 e. The number of hydrogen-bond acceptors (Lipinski definition) is 2. The lowest BCUT2D eigenvalue weighted by atomic mass is 10.1. The van der Waals surface area contributed by atoms with E-state index in [0.717, 1.165) is 6.07 Å². The molecule has 1 amide bonds. The van der Waals surface area contributed by atoms with Crippen LogP contribution in [0.2, 0.25) is 10.2 Å². The number of aromatic nitrogens is 1. The Labute approximate surface area is 122 Å². The summed E-state index contributed by atoms with van der Waals surface area (Å²) in [4.78, 5) is 25.4. The van der Waals surface area contributed by atoms with Gasteiger partial charge in [-0.2, -0.15) is 0 Å². The predicted octanol–water partition coefficient (Wildman–Crippen LogP) is 3.41. The molecule has 0 saturated carbocycles. The van der Waals surface area contributed by atoms with E-state index in [-0.39, 0.29) is 21.6 Å². The molecule has 0 aliphatic carbocycles. The van der Waals surface area contributed by atoms with Gasteiger partial charge in [-0.15, -0.1) is 0 Å². The fourth-order valence-corrected chi connectivity index (χ4v) is 1.87. The van der Waals surface area contributed by atoms with Crippen molar-refractivity contribution >= 4 is 40.8 Å². The number of H-pyrrole nitrogens is 1. The molecule has 1 aromatic heterocycles. The largest absolute Gasteiger partial charge is 0.478 e. The summed E-state index contributed by atoms with van der Waals surface area (Å²) in [5.41, 5.74) is -0.755. The highest BCUT2D eigenvalue weighted by Gasteiger charge is 2.19. The Balaban J connectivity index is 2.33. The number of rotatable bonds is 3. The summed E-state index contributed by atoms with van der Waals surface area (Å²) < 4.78 is 13.4. The number of carboxylic acid groups (broad SMARTS) is 1. The minimum absolute atomic E-state index is 0.0283. The average molecular weight is 317 g/mol. The van der Waals surface area contributed by atoms with E-state index in [1.165, 1.54) is 18.2 Å². The summed E-state index contributed by atoms with van der Waals surface area (Å²) in [5.74, 6) is -3.12. The second kappa shape index (κ2) is 5.52. The number of aromatic amines is 1.